The van der Waals surface area contributed by atoms with E-state index in [4.69, 9.17) is 0 Å². The molecule has 1 aliphatic rings. The number of ketones is 1. The monoisotopic (exact) mass is 341 g/mol. The maximum atomic E-state index is 12.8. The highest BCUT2D eigenvalue weighted by atomic mass is 32.2. The summed E-state index contributed by atoms with van der Waals surface area (Å²) in [7, 11) is -3.75. The molecule has 7 heteroatoms. The normalized spacial score (nSPS) is 14.9. The zero-order chi connectivity index (χ0) is 16.9. The zero-order valence-corrected chi connectivity index (χ0v) is 13.8. The fourth-order valence-corrected chi connectivity index (χ4v) is 3.88. The number of carbonyl (C=O) groups is 1. The summed E-state index contributed by atoms with van der Waals surface area (Å²) >= 11 is 0. The smallest absolute Gasteiger partial charge is 0.269 e. The van der Waals surface area contributed by atoms with E-state index in [1.54, 1.807) is 30.3 Å². The number of benzene rings is 1. The first-order valence-electron chi connectivity index (χ1n) is 7.67. The van der Waals surface area contributed by atoms with Crippen molar-refractivity contribution in [3.63, 3.8) is 0 Å². The summed E-state index contributed by atoms with van der Waals surface area (Å²) in [6.07, 6.45) is 4.57. The van der Waals surface area contributed by atoms with Crippen LogP contribution in [-0.2, 0) is 10.0 Å². The number of hydrogen-bond donors (Lipinski definition) is 0. The quantitative estimate of drug-likeness (QED) is 0.681. The molecule has 6 nitrogen and oxygen atoms in total. The third kappa shape index (κ3) is 2.41. The molecular weight excluding hydrogens is 326 g/mol. The Balaban J connectivity index is 1.79. The van der Waals surface area contributed by atoms with Gasteiger partial charge >= 0.3 is 0 Å². The molecule has 1 fully saturated rings. The lowest BCUT2D eigenvalue weighted by atomic mass is 10.2. The van der Waals surface area contributed by atoms with Crippen LogP contribution in [0.15, 0.2) is 47.6 Å². The lowest BCUT2D eigenvalue weighted by Gasteiger charge is -2.07. The molecule has 3 aromatic rings. The van der Waals surface area contributed by atoms with Crippen LogP contribution >= 0.6 is 0 Å². The number of aromatic nitrogens is 3. The molecule has 0 saturated heterocycles. The third-order valence-electron chi connectivity index (χ3n) is 4.13. The maximum absolute atomic E-state index is 12.8. The molecule has 4 rings (SSSR count). The Morgan fingerprint density at radius 2 is 1.88 bits per heavy atom. The molecule has 1 saturated carbocycles. The minimum Gasteiger partial charge on any atom is -0.292 e. The predicted octanol–water partition coefficient (Wildman–Crippen LogP) is 2.57. The second-order valence-electron chi connectivity index (χ2n) is 6.03. The van der Waals surface area contributed by atoms with E-state index < -0.39 is 10.0 Å². The van der Waals surface area contributed by atoms with E-state index in [2.05, 4.69) is 9.97 Å². The van der Waals surface area contributed by atoms with Gasteiger partial charge in [0.15, 0.2) is 11.4 Å². The lowest BCUT2D eigenvalue weighted by Crippen LogP contribution is -2.13. The lowest BCUT2D eigenvalue weighted by molar-refractivity contribution is 0.0962. The van der Waals surface area contributed by atoms with Crippen LogP contribution in [0.2, 0.25) is 0 Å². The topological polar surface area (TPSA) is 81.9 Å². The Morgan fingerprint density at radius 1 is 1.17 bits per heavy atom. The van der Waals surface area contributed by atoms with Gasteiger partial charge in [0.25, 0.3) is 10.0 Å². The summed E-state index contributed by atoms with van der Waals surface area (Å²) in [5.41, 5.74) is 1.91. The van der Waals surface area contributed by atoms with Crippen LogP contribution in [0.5, 0.6) is 0 Å². The summed E-state index contributed by atoms with van der Waals surface area (Å²) in [6, 6.07) is 8.19. The van der Waals surface area contributed by atoms with Crippen molar-refractivity contribution < 1.29 is 13.2 Å². The number of fused-ring (bicyclic) bond motifs is 1. The van der Waals surface area contributed by atoms with E-state index in [1.165, 1.54) is 12.4 Å². The van der Waals surface area contributed by atoms with E-state index in [0.717, 1.165) is 22.4 Å². The standard InChI is InChI=1S/C17H15N3O3S/c1-11-2-6-13(7-3-11)24(22,23)20-9-8-14-17(20)18-10-15(19-14)16(21)12-4-5-12/h2-3,6-10,12H,4-5H2,1H3. The molecule has 24 heavy (non-hydrogen) atoms. The minimum absolute atomic E-state index is 0.0152. The highest BCUT2D eigenvalue weighted by Gasteiger charge is 2.32. The summed E-state index contributed by atoms with van der Waals surface area (Å²) in [5, 5.41) is 0. The van der Waals surface area contributed by atoms with Gasteiger partial charge in [-0.1, -0.05) is 17.7 Å². The van der Waals surface area contributed by atoms with Gasteiger partial charge in [-0.3, -0.25) is 4.79 Å². The molecule has 0 amide bonds. The molecule has 122 valence electrons. The average Bonchev–Trinajstić information content (AvgIpc) is 3.33. The molecule has 0 N–H and O–H groups in total. The molecule has 0 unspecified atom stereocenters. The van der Waals surface area contributed by atoms with Crippen LogP contribution in [0, 0.1) is 12.8 Å². The summed E-state index contributed by atoms with van der Waals surface area (Å²) < 4.78 is 26.7. The van der Waals surface area contributed by atoms with Crippen LogP contribution in [0.25, 0.3) is 11.2 Å². The summed E-state index contributed by atoms with van der Waals surface area (Å²) in [5.74, 6) is 0.0358. The highest BCUT2D eigenvalue weighted by Crippen LogP contribution is 2.32. The first-order chi connectivity index (χ1) is 11.5. The molecule has 0 bridgehead atoms. The van der Waals surface area contributed by atoms with Crippen molar-refractivity contribution >= 4 is 27.0 Å². The third-order valence-corrected chi connectivity index (χ3v) is 5.81. The van der Waals surface area contributed by atoms with Gasteiger partial charge < -0.3 is 0 Å². The van der Waals surface area contributed by atoms with Crippen LogP contribution < -0.4 is 0 Å². The second-order valence-corrected chi connectivity index (χ2v) is 7.85. The van der Waals surface area contributed by atoms with Crippen molar-refractivity contribution in [1.82, 2.24) is 13.9 Å². The number of carbonyl (C=O) groups excluding carboxylic acids is 1. The number of rotatable bonds is 4. The number of aryl methyl sites for hydroxylation is 1. The van der Waals surface area contributed by atoms with Crippen molar-refractivity contribution in [2.45, 2.75) is 24.7 Å². The number of hydrogen-bond acceptors (Lipinski definition) is 5. The fraction of sp³-hybridized carbons (Fsp3) is 0.235. The average molecular weight is 341 g/mol. The Bertz CT molecular complexity index is 1050. The van der Waals surface area contributed by atoms with E-state index >= 15 is 0 Å². The first kappa shape index (κ1) is 15.0. The van der Waals surface area contributed by atoms with Crippen LogP contribution in [-0.4, -0.2) is 28.1 Å². The fourth-order valence-electron chi connectivity index (χ4n) is 2.58. The van der Waals surface area contributed by atoms with Gasteiger partial charge in [0.05, 0.1) is 11.1 Å². The molecular formula is C17H15N3O3S. The predicted molar refractivity (Wildman–Crippen MR) is 88.3 cm³/mol. The van der Waals surface area contributed by atoms with Gasteiger partial charge in [0.1, 0.15) is 11.2 Å². The number of nitrogens with zero attached hydrogens (tertiary/aromatic N) is 3. The molecule has 1 aromatic carbocycles. The van der Waals surface area contributed by atoms with Crippen LogP contribution in [0.3, 0.4) is 0 Å². The Hall–Kier alpha value is -2.54. The molecule has 0 spiro atoms. The Labute approximate surface area is 139 Å². The molecule has 0 radical (unpaired) electrons. The van der Waals surface area contributed by atoms with E-state index in [9.17, 15) is 13.2 Å². The molecule has 1 aliphatic carbocycles. The minimum atomic E-state index is -3.75. The van der Waals surface area contributed by atoms with E-state index in [1.807, 2.05) is 6.92 Å². The molecule has 0 aliphatic heterocycles. The van der Waals surface area contributed by atoms with Crippen molar-refractivity contribution in [1.29, 1.82) is 0 Å². The molecule has 0 atom stereocenters. The maximum Gasteiger partial charge on any atom is 0.269 e. The summed E-state index contributed by atoms with van der Waals surface area (Å²) in [4.78, 5) is 20.7. The first-order valence-corrected chi connectivity index (χ1v) is 9.11. The zero-order valence-electron chi connectivity index (χ0n) is 13.0. The largest absolute Gasteiger partial charge is 0.292 e. The second kappa shape index (κ2) is 5.24. The van der Waals surface area contributed by atoms with Gasteiger partial charge in [-0.2, -0.15) is 0 Å². The molecule has 2 heterocycles. The van der Waals surface area contributed by atoms with Gasteiger partial charge in [-0.25, -0.2) is 22.4 Å². The molecule has 2 aromatic heterocycles. The van der Waals surface area contributed by atoms with Gasteiger partial charge in [-0.05, 0) is 38.0 Å². The van der Waals surface area contributed by atoms with Gasteiger partial charge in [-0.15, -0.1) is 0 Å². The van der Waals surface area contributed by atoms with E-state index in [0.29, 0.717) is 11.2 Å². The SMILES string of the molecule is Cc1ccc(S(=O)(=O)n2ccc3nc(C(=O)C4CC4)cnc32)cc1. The van der Waals surface area contributed by atoms with Crippen LogP contribution in [0.4, 0.5) is 0 Å². The van der Waals surface area contributed by atoms with Crippen molar-refractivity contribution in [3.8, 4) is 0 Å². The Morgan fingerprint density at radius 3 is 2.54 bits per heavy atom. The van der Waals surface area contributed by atoms with Crippen LogP contribution in [0.1, 0.15) is 28.9 Å². The van der Waals surface area contributed by atoms with Gasteiger partial charge in [0, 0.05) is 12.1 Å². The van der Waals surface area contributed by atoms with Crippen molar-refractivity contribution in [3.05, 3.63) is 54.0 Å². The summed E-state index contributed by atoms with van der Waals surface area (Å²) in [6.45, 7) is 1.89. The van der Waals surface area contributed by atoms with Crippen molar-refractivity contribution in [2.24, 2.45) is 5.92 Å². The van der Waals surface area contributed by atoms with Gasteiger partial charge in [0.2, 0.25) is 0 Å². The van der Waals surface area contributed by atoms with Crippen molar-refractivity contribution in [2.75, 3.05) is 0 Å². The van der Waals surface area contributed by atoms with E-state index in [-0.39, 0.29) is 22.2 Å². The highest BCUT2D eigenvalue weighted by molar-refractivity contribution is 7.90. The number of Topliss-reactive ketones (excluding diaryl/α,β-unsaturated/α-hetero) is 1. The Kier molecular flexibility index (Phi) is 3.28.